The molecule has 76 valence electrons. The van der Waals surface area contributed by atoms with Crippen LogP contribution in [0.4, 0.5) is 0 Å². The van der Waals surface area contributed by atoms with Crippen molar-refractivity contribution in [1.29, 1.82) is 0 Å². The number of nitrogens with one attached hydrogen (secondary N) is 2. The summed E-state index contributed by atoms with van der Waals surface area (Å²) in [7, 11) is 0. The van der Waals surface area contributed by atoms with Crippen molar-refractivity contribution in [2.75, 3.05) is 13.1 Å². The Labute approximate surface area is 86.5 Å². The van der Waals surface area contributed by atoms with Crippen LogP contribution < -0.4 is 10.9 Å². The number of aromatic nitrogens is 2. The summed E-state index contributed by atoms with van der Waals surface area (Å²) < 4.78 is 0. The van der Waals surface area contributed by atoms with Crippen molar-refractivity contribution >= 4 is 11.8 Å². The van der Waals surface area contributed by atoms with Crippen LogP contribution in [-0.2, 0) is 0 Å². The molecule has 0 aliphatic carbocycles. The predicted molar refractivity (Wildman–Crippen MR) is 56.7 cm³/mol. The summed E-state index contributed by atoms with van der Waals surface area (Å²) in [6.45, 7) is 3.90. The van der Waals surface area contributed by atoms with E-state index >= 15 is 0 Å². The largest absolute Gasteiger partial charge is 0.316 e. The Morgan fingerprint density at radius 1 is 1.64 bits per heavy atom. The lowest BCUT2D eigenvalue weighted by atomic mass is 10.4. The van der Waals surface area contributed by atoms with E-state index in [9.17, 15) is 4.79 Å². The zero-order valence-corrected chi connectivity index (χ0v) is 8.86. The van der Waals surface area contributed by atoms with Crippen molar-refractivity contribution in [2.24, 2.45) is 0 Å². The van der Waals surface area contributed by atoms with Gasteiger partial charge in [-0.15, -0.1) is 0 Å². The van der Waals surface area contributed by atoms with Crippen molar-refractivity contribution in [3.8, 4) is 0 Å². The maximum absolute atomic E-state index is 11.2. The monoisotopic (exact) mass is 211 g/mol. The molecule has 0 amide bonds. The van der Waals surface area contributed by atoms with Crippen LogP contribution in [-0.4, -0.2) is 28.3 Å². The van der Waals surface area contributed by atoms with Crippen LogP contribution in [0.5, 0.6) is 0 Å². The number of aryl methyl sites for hydroxylation is 1. The van der Waals surface area contributed by atoms with Crippen LogP contribution in [0.15, 0.2) is 16.0 Å². The van der Waals surface area contributed by atoms with E-state index < -0.39 is 0 Å². The molecule has 0 bridgehead atoms. The van der Waals surface area contributed by atoms with Gasteiger partial charge in [-0.1, -0.05) is 11.8 Å². The zero-order chi connectivity index (χ0) is 9.97. The molecule has 2 heterocycles. The van der Waals surface area contributed by atoms with Crippen molar-refractivity contribution in [2.45, 2.75) is 23.8 Å². The Morgan fingerprint density at radius 3 is 3.14 bits per heavy atom. The number of aromatic amines is 1. The van der Waals surface area contributed by atoms with E-state index in [1.165, 1.54) is 6.07 Å². The molecule has 4 nitrogen and oxygen atoms in total. The third-order valence-corrected chi connectivity index (χ3v) is 3.29. The van der Waals surface area contributed by atoms with E-state index in [-0.39, 0.29) is 5.56 Å². The Kier molecular flexibility index (Phi) is 2.88. The summed E-state index contributed by atoms with van der Waals surface area (Å²) in [5.74, 6) is 0. The molecular formula is C9H13N3OS. The number of nitrogens with zero attached hydrogens (tertiary/aromatic N) is 1. The maximum Gasteiger partial charge on any atom is 0.251 e. The molecule has 14 heavy (non-hydrogen) atoms. The highest BCUT2D eigenvalue weighted by Crippen LogP contribution is 2.22. The lowest BCUT2D eigenvalue weighted by Crippen LogP contribution is -2.13. The minimum Gasteiger partial charge on any atom is -0.316 e. The van der Waals surface area contributed by atoms with E-state index in [1.807, 2.05) is 6.92 Å². The summed E-state index contributed by atoms with van der Waals surface area (Å²) in [6, 6.07) is 1.51. The van der Waals surface area contributed by atoms with E-state index in [1.54, 1.807) is 11.8 Å². The minimum absolute atomic E-state index is 0.0639. The highest BCUT2D eigenvalue weighted by molar-refractivity contribution is 7.99. The third kappa shape index (κ3) is 2.36. The van der Waals surface area contributed by atoms with E-state index in [0.29, 0.717) is 5.25 Å². The minimum atomic E-state index is -0.0639. The molecule has 1 saturated heterocycles. The molecule has 0 saturated carbocycles. The van der Waals surface area contributed by atoms with Gasteiger partial charge in [0.2, 0.25) is 0 Å². The van der Waals surface area contributed by atoms with Gasteiger partial charge in [0.25, 0.3) is 5.56 Å². The number of hydrogen-bond acceptors (Lipinski definition) is 4. The number of rotatable bonds is 2. The molecule has 2 N–H and O–H groups in total. The van der Waals surface area contributed by atoms with Crippen LogP contribution in [0.25, 0.3) is 0 Å². The zero-order valence-electron chi connectivity index (χ0n) is 8.04. The molecule has 1 atom stereocenters. The van der Waals surface area contributed by atoms with Gasteiger partial charge in [-0.05, 0) is 19.9 Å². The Balaban J connectivity index is 2.11. The molecule has 2 rings (SSSR count). The van der Waals surface area contributed by atoms with Crippen LogP contribution in [0.3, 0.4) is 0 Å². The van der Waals surface area contributed by atoms with Crippen molar-refractivity contribution in [3.63, 3.8) is 0 Å². The SMILES string of the molecule is Cc1cc(=O)[nH]c(SC2CCNC2)n1. The summed E-state index contributed by atoms with van der Waals surface area (Å²) in [5, 5.41) is 4.56. The van der Waals surface area contributed by atoms with Gasteiger partial charge >= 0.3 is 0 Å². The Hall–Kier alpha value is -0.810. The van der Waals surface area contributed by atoms with E-state index in [4.69, 9.17) is 0 Å². The van der Waals surface area contributed by atoms with Crippen LogP contribution in [0, 0.1) is 6.92 Å². The number of H-pyrrole nitrogens is 1. The average molecular weight is 211 g/mol. The van der Waals surface area contributed by atoms with Crippen LogP contribution in [0.1, 0.15) is 12.1 Å². The summed E-state index contributed by atoms with van der Waals surface area (Å²) >= 11 is 1.65. The van der Waals surface area contributed by atoms with Crippen LogP contribution >= 0.6 is 11.8 Å². The first kappa shape index (κ1) is 9.73. The van der Waals surface area contributed by atoms with Crippen molar-refractivity contribution in [3.05, 3.63) is 22.1 Å². The third-order valence-electron chi connectivity index (χ3n) is 2.14. The molecule has 0 radical (unpaired) electrons. The van der Waals surface area contributed by atoms with Gasteiger partial charge in [0.1, 0.15) is 0 Å². The summed E-state index contributed by atoms with van der Waals surface area (Å²) in [5.41, 5.74) is 0.716. The van der Waals surface area contributed by atoms with E-state index in [0.717, 1.165) is 30.4 Å². The lowest BCUT2D eigenvalue weighted by Gasteiger charge is -2.06. The second kappa shape index (κ2) is 4.14. The highest BCUT2D eigenvalue weighted by Gasteiger charge is 2.16. The Morgan fingerprint density at radius 2 is 2.50 bits per heavy atom. The molecule has 1 aromatic rings. The molecule has 1 aliphatic rings. The number of thioether (sulfide) groups is 1. The van der Waals surface area contributed by atoms with Gasteiger partial charge in [0.05, 0.1) is 0 Å². The normalized spacial score (nSPS) is 21.4. The van der Waals surface area contributed by atoms with Crippen molar-refractivity contribution in [1.82, 2.24) is 15.3 Å². The van der Waals surface area contributed by atoms with E-state index in [2.05, 4.69) is 15.3 Å². The molecule has 0 spiro atoms. The first-order chi connectivity index (χ1) is 6.74. The topological polar surface area (TPSA) is 57.8 Å². The molecule has 5 heteroatoms. The second-order valence-electron chi connectivity index (χ2n) is 3.42. The smallest absolute Gasteiger partial charge is 0.251 e. The van der Waals surface area contributed by atoms with Gasteiger partial charge in [0, 0.05) is 23.6 Å². The average Bonchev–Trinajstić information content (AvgIpc) is 2.54. The molecule has 1 aromatic heterocycles. The molecule has 1 aliphatic heterocycles. The van der Waals surface area contributed by atoms with Gasteiger partial charge in [-0.25, -0.2) is 4.98 Å². The fraction of sp³-hybridized carbons (Fsp3) is 0.556. The lowest BCUT2D eigenvalue weighted by molar-refractivity contribution is 0.856. The highest BCUT2D eigenvalue weighted by atomic mass is 32.2. The standard InChI is InChI=1S/C9H13N3OS/c1-6-4-8(13)12-9(11-6)14-7-2-3-10-5-7/h4,7,10H,2-3,5H2,1H3,(H,11,12,13). The number of hydrogen-bond donors (Lipinski definition) is 2. The van der Waals surface area contributed by atoms with Gasteiger partial charge < -0.3 is 10.3 Å². The van der Waals surface area contributed by atoms with Crippen LogP contribution in [0.2, 0.25) is 0 Å². The Bertz CT molecular complexity index is 371. The summed E-state index contributed by atoms with van der Waals surface area (Å²) in [4.78, 5) is 18.2. The fourth-order valence-electron chi connectivity index (χ4n) is 1.49. The van der Waals surface area contributed by atoms with Gasteiger partial charge in [0.15, 0.2) is 5.16 Å². The fourth-order valence-corrected chi connectivity index (χ4v) is 2.60. The summed E-state index contributed by atoms with van der Waals surface area (Å²) in [6.07, 6.45) is 1.14. The molecule has 1 fully saturated rings. The maximum atomic E-state index is 11.2. The quantitative estimate of drug-likeness (QED) is 0.701. The predicted octanol–water partition coefficient (Wildman–Crippen LogP) is 0.532. The van der Waals surface area contributed by atoms with Gasteiger partial charge in [-0.2, -0.15) is 0 Å². The first-order valence-electron chi connectivity index (χ1n) is 4.69. The van der Waals surface area contributed by atoms with Crippen molar-refractivity contribution < 1.29 is 0 Å². The molecule has 0 aromatic carbocycles. The first-order valence-corrected chi connectivity index (χ1v) is 5.57. The molecular weight excluding hydrogens is 198 g/mol. The molecule has 1 unspecified atom stereocenters. The van der Waals surface area contributed by atoms with Gasteiger partial charge in [-0.3, -0.25) is 4.79 Å². The second-order valence-corrected chi connectivity index (χ2v) is 4.71.